The van der Waals surface area contributed by atoms with Crippen molar-refractivity contribution in [3.8, 4) is 0 Å². The molecule has 0 heterocycles. The van der Waals surface area contributed by atoms with Crippen molar-refractivity contribution >= 4 is 17.9 Å². The monoisotopic (exact) mass is 909 g/mol. The zero-order valence-corrected chi connectivity index (χ0v) is 43.0. The third-order valence-electron chi connectivity index (χ3n) is 12.0. The quantitative estimate of drug-likeness (QED) is 0.0262. The first-order valence-electron chi connectivity index (χ1n) is 27.8. The first-order chi connectivity index (χ1) is 32.0. The second-order valence-electron chi connectivity index (χ2n) is 18.5. The molecule has 0 saturated heterocycles. The molecule has 0 aliphatic heterocycles. The van der Waals surface area contributed by atoms with E-state index in [1.165, 1.54) is 148 Å². The predicted molar refractivity (Wildman–Crippen MR) is 279 cm³/mol. The standard InChI is InChI=1S/C59H104O6/c1-4-7-10-13-16-19-22-23-24-25-26-27-28-29-30-31-32-33-34-35-36-37-38-41-43-46-49-52-58(61)64-55-56(65-59(62)53-50-47-44-40-21-18-15-12-9-6-3)54-63-57(60)51-48-45-42-39-20-17-14-11-8-5-2/h7,10,16,19,23-24,26-27,29-30,56H,4-6,8-9,11-15,17-18,20-22,25,28,31-55H2,1-3H3/b10-7-,19-16-,24-23-,27-26-,30-29-. The molecule has 0 N–H and O–H groups in total. The fourth-order valence-electron chi connectivity index (χ4n) is 7.88. The van der Waals surface area contributed by atoms with E-state index in [1.807, 2.05) is 0 Å². The SMILES string of the molecule is CC/C=C\C/C=C\C/C=C\C/C=C\C/C=C\CCCCCCCCCCCCCC(=O)OCC(COC(=O)CCCCCCCCCCCC)OC(=O)CCCCCCCCCCCC. The summed E-state index contributed by atoms with van der Waals surface area (Å²) in [5.74, 6) is -0.868. The summed E-state index contributed by atoms with van der Waals surface area (Å²) < 4.78 is 16.8. The molecular weight excluding hydrogens is 805 g/mol. The average Bonchev–Trinajstić information content (AvgIpc) is 3.30. The van der Waals surface area contributed by atoms with Crippen molar-refractivity contribution < 1.29 is 28.6 Å². The van der Waals surface area contributed by atoms with E-state index < -0.39 is 6.10 Å². The Kier molecular flexibility index (Phi) is 51.3. The van der Waals surface area contributed by atoms with Crippen LogP contribution in [0.15, 0.2) is 60.8 Å². The number of esters is 3. The molecule has 376 valence electrons. The summed E-state index contributed by atoms with van der Waals surface area (Å²) in [5.41, 5.74) is 0. The van der Waals surface area contributed by atoms with E-state index in [2.05, 4.69) is 81.5 Å². The molecule has 1 unspecified atom stereocenters. The van der Waals surface area contributed by atoms with Crippen LogP contribution in [0.2, 0.25) is 0 Å². The summed E-state index contributed by atoms with van der Waals surface area (Å²) in [5, 5.41) is 0. The smallest absolute Gasteiger partial charge is 0.306 e. The fraction of sp³-hybridized carbons (Fsp3) is 0.780. The highest BCUT2D eigenvalue weighted by molar-refractivity contribution is 5.71. The first-order valence-corrected chi connectivity index (χ1v) is 27.8. The van der Waals surface area contributed by atoms with E-state index in [9.17, 15) is 14.4 Å². The van der Waals surface area contributed by atoms with Crippen molar-refractivity contribution in [2.24, 2.45) is 0 Å². The molecule has 0 saturated carbocycles. The van der Waals surface area contributed by atoms with Crippen LogP contribution in [0.4, 0.5) is 0 Å². The normalized spacial score (nSPS) is 12.5. The maximum Gasteiger partial charge on any atom is 0.306 e. The van der Waals surface area contributed by atoms with Gasteiger partial charge in [0.25, 0.3) is 0 Å². The Labute approximate surface area is 402 Å². The number of rotatable bonds is 50. The Morgan fingerprint density at radius 3 is 0.938 bits per heavy atom. The number of unbranched alkanes of at least 4 members (excludes halogenated alkanes) is 29. The van der Waals surface area contributed by atoms with Crippen LogP contribution in [0.25, 0.3) is 0 Å². The zero-order valence-electron chi connectivity index (χ0n) is 43.0. The van der Waals surface area contributed by atoms with Crippen LogP contribution < -0.4 is 0 Å². The van der Waals surface area contributed by atoms with Crippen molar-refractivity contribution in [3.05, 3.63) is 60.8 Å². The van der Waals surface area contributed by atoms with Crippen molar-refractivity contribution in [1.29, 1.82) is 0 Å². The molecule has 6 heteroatoms. The van der Waals surface area contributed by atoms with E-state index in [0.717, 1.165) is 89.9 Å². The number of allylic oxidation sites excluding steroid dienone is 10. The van der Waals surface area contributed by atoms with Crippen LogP contribution in [0.3, 0.4) is 0 Å². The highest BCUT2D eigenvalue weighted by Crippen LogP contribution is 2.16. The molecule has 0 aromatic carbocycles. The summed E-state index contributed by atoms with van der Waals surface area (Å²) in [6, 6.07) is 0. The van der Waals surface area contributed by atoms with E-state index >= 15 is 0 Å². The van der Waals surface area contributed by atoms with Crippen molar-refractivity contribution in [1.82, 2.24) is 0 Å². The molecule has 0 fully saturated rings. The lowest BCUT2D eigenvalue weighted by Gasteiger charge is -2.18. The molecule has 0 aromatic rings. The first kappa shape index (κ1) is 62.1. The van der Waals surface area contributed by atoms with Gasteiger partial charge in [0.1, 0.15) is 13.2 Å². The number of hydrogen-bond acceptors (Lipinski definition) is 6. The van der Waals surface area contributed by atoms with Gasteiger partial charge in [0.2, 0.25) is 0 Å². The van der Waals surface area contributed by atoms with Gasteiger partial charge in [-0.2, -0.15) is 0 Å². The predicted octanol–water partition coefficient (Wildman–Crippen LogP) is 18.4. The lowest BCUT2D eigenvalue weighted by Crippen LogP contribution is -2.30. The lowest BCUT2D eigenvalue weighted by atomic mass is 10.0. The molecular formula is C59H104O6. The van der Waals surface area contributed by atoms with Gasteiger partial charge in [0, 0.05) is 19.3 Å². The molecule has 0 aromatic heterocycles. The molecule has 0 radical (unpaired) electrons. The van der Waals surface area contributed by atoms with Crippen LogP contribution in [-0.4, -0.2) is 37.2 Å². The maximum atomic E-state index is 12.7. The topological polar surface area (TPSA) is 78.9 Å². The van der Waals surface area contributed by atoms with E-state index in [0.29, 0.717) is 19.3 Å². The Morgan fingerprint density at radius 1 is 0.323 bits per heavy atom. The van der Waals surface area contributed by atoms with E-state index in [1.54, 1.807) is 0 Å². The van der Waals surface area contributed by atoms with Crippen LogP contribution in [0, 0.1) is 0 Å². The van der Waals surface area contributed by atoms with E-state index in [-0.39, 0.29) is 31.1 Å². The second-order valence-corrected chi connectivity index (χ2v) is 18.5. The number of hydrogen-bond donors (Lipinski definition) is 0. The molecule has 0 rings (SSSR count). The van der Waals surface area contributed by atoms with Crippen molar-refractivity contribution in [2.45, 2.75) is 284 Å². The highest BCUT2D eigenvalue weighted by Gasteiger charge is 2.19. The zero-order chi connectivity index (χ0) is 47.2. The Morgan fingerprint density at radius 2 is 0.600 bits per heavy atom. The summed E-state index contributed by atoms with van der Waals surface area (Å²) in [4.78, 5) is 37.9. The van der Waals surface area contributed by atoms with Gasteiger partial charge in [-0.05, 0) is 64.2 Å². The van der Waals surface area contributed by atoms with Gasteiger partial charge in [-0.1, -0.05) is 255 Å². The Hall–Kier alpha value is -2.89. The highest BCUT2D eigenvalue weighted by atomic mass is 16.6. The third kappa shape index (κ3) is 51.9. The largest absolute Gasteiger partial charge is 0.462 e. The van der Waals surface area contributed by atoms with Gasteiger partial charge >= 0.3 is 17.9 Å². The summed E-state index contributed by atoms with van der Waals surface area (Å²) in [6.45, 7) is 6.51. The lowest BCUT2D eigenvalue weighted by molar-refractivity contribution is -0.167. The van der Waals surface area contributed by atoms with E-state index in [4.69, 9.17) is 14.2 Å². The molecule has 1 atom stereocenters. The van der Waals surface area contributed by atoms with Crippen LogP contribution >= 0.6 is 0 Å². The van der Waals surface area contributed by atoms with Gasteiger partial charge in [-0.25, -0.2) is 0 Å². The van der Waals surface area contributed by atoms with Crippen LogP contribution in [0.1, 0.15) is 278 Å². The number of ether oxygens (including phenoxy) is 3. The van der Waals surface area contributed by atoms with Gasteiger partial charge in [0.15, 0.2) is 6.10 Å². The molecule has 0 aliphatic rings. The number of carbonyl (C=O) groups is 3. The maximum absolute atomic E-state index is 12.7. The van der Waals surface area contributed by atoms with Gasteiger partial charge in [0.05, 0.1) is 0 Å². The van der Waals surface area contributed by atoms with Gasteiger partial charge in [-0.15, -0.1) is 0 Å². The average molecular weight is 909 g/mol. The molecule has 65 heavy (non-hydrogen) atoms. The van der Waals surface area contributed by atoms with Gasteiger partial charge < -0.3 is 14.2 Å². The molecule has 0 aliphatic carbocycles. The molecule has 0 spiro atoms. The van der Waals surface area contributed by atoms with Crippen molar-refractivity contribution in [3.63, 3.8) is 0 Å². The van der Waals surface area contributed by atoms with Crippen LogP contribution in [0.5, 0.6) is 0 Å². The summed E-state index contributed by atoms with van der Waals surface area (Å²) in [7, 11) is 0. The summed E-state index contributed by atoms with van der Waals surface area (Å²) in [6.07, 6.45) is 66.5. The number of carbonyl (C=O) groups excluding carboxylic acids is 3. The van der Waals surface area contributed by atoms with Gasteiger partial charge in [-0.3, -0.25) is 14.4 Å². The second kappa shape index (κ2) is 53.7. The third-order valence-corrected chi connectivity index (χ3v) is 12.0. The Balaban J connectivity index is 4.14. The minimum atomic E-state index is -0.768. The Bertz CT molecular complexity index is 1180. The molecule has 6 nitrogen and oxygen atoms in total. The fourth-order valence-corrected chi connectivity index (χ4v) is 7.88. The molecule has 0 bridgehead atoms. The van der Waals surface area contributed by atoms with Crippen LogP contribution in [-0.2, 0) is 28.6 Å². The summed E-state index contributed by atoms with van der Waals surface area (Å²) >= 11 is 0. The van der Waals surface area contributed by atoms with Crippen molar-refractivity contribution in [2.75, 3.05) is 13.2 Å². The molecule has 0 amide bonds. The minimum Gasteiger partial charge on any atom is -0.462 e. The minimum absolute atomic E-state index is 0.0707.